The third-order valence-corrected chi connectivity index (χ3v) is 6.47. The molecule has 126 valence electrons. The lowest BCUT2D eigenvalue weighted by molar-refractivity contribution is 0.465. The molecule has 1 atom stereocenters. The number of rotatable bonds is 8. The van der Waals surface area contributed by atoms with Crippen LogP contribution in [0.1, 0.15) is 27.2 Å². The summed E-state index contributed by atoms with van der Waals surface area (Å²) in [5.41, 5.74) is 5.60. The van der Waals surface area contributed by atoms with E-state index in [2.05, 4.69) is 4.72 Å². The second-order valence-electron chi connectivity index (χ2n) is 5.56. The minimum absolute atomic E-state index is 0.00559. The van der Waals surface area contributed by atoms with Gasteiger partial charge in [0, 0.05) is 12.6 Å². The van der Waals surface area contributed by atoms with Crippen molar-refractivity contribution < 1.29 is 16.8 Å². The van der Waals surface area contributed by atoms with E-state index in [1.807, 2.05) is 13.8 Å². The minimum Gasteiger partial charge on any atom is -0.329 e. The van der Waals surface area contributed by atoms with E-state index in [1.54, 1.807) is 0 Å². The van der Waals surface area contributed by atoms with Gasteiger partial charge in [0.1, 0.15) is 0 Å². The maximum absolute atomic E-state index is 12.4. The summed E-state index contributed by atoms with van der Waals surface area (Å²) in [6.07, 6.45) is 0.614. The smallest absolute Gasteiger partial charge is 0.240 e. The summed E-state index contributed by atoms with van der Waals surface area (Å²) >= 11 is 0. The van der Waals surface area contributed by atoms with Crippen molar-refractivity contribution in [2.45, 2.75) is 43.0 Å². The van der Waals surface area contributed by atoms with Crippen LogP contribution < -0.4 is 10.5 Å². The zero-order chi connectivity index (χ0) is 17.0. The maximum atomic E-state index is 12.4. The number of nitrogens with two attached hydrogens (primary N) is 1. The highest BCUT2D eigenvalue weighted by Crippen LogP contribution is 2.18. The molecule has 0 heterocycles. The van der Waals surface area contributed by atoms with Crippen LogP contribution in [-0.4, -0.2) is 35.2 Å². The lowest BCUT2D eigenvalue weighted by Gasteiger charge is -2.19. The van der Waals surface area contributed by atoms with Crippen LogP contribution in [-0.2, 0) is 19.9 Å². The molecule has 0 bridgehead atoms. The average molecular weight is 348 g/mol. The van der Waals surface area contributed by atoms with E-state index >= 15 is 0 Å². The lowest BCUT2D eigenvalue weighted by atomic mass is 10.1. The van der Waals surface area contributed by atoms with E-state index in [0.29, 0.717) is 12.3 Å². The predicted octanol–water partition coefficient (Wildman–Crippen LogP) is 1.13. The summed E-state index contributed by atoms with van der Waals surface area (Å²) in [6, 6.07) is 5.00. The molecule has 1 aromatic carbocycles. The summed E-state index contributed by atoms with van der Waals surface area (Å²) < 4.78 is 51.1. The van der Waals surface area contributed by atoms with Gasteiger partial charge in [-0.3, -0.25) is 0 Å². The number of sulfonamides is 1. The summed E-state index contributed by atoms with van der Waals surface area (Å²) in [6.45, 7) is 5.66. The van der Waals surface area contributed by atoms with Crippen molar-refractivity contribution in [3.63, 3.8) is 0 Å². The quantitative estimate of drug-likeness (QED) is 0.732. The molecule has 6 nitrogen and oxygen atoms in total. The molecule has 1 aromatic rings. The van der Waals surface area contributed by atoms with E-state index in [4.69, 9.17) is 5.73 Å². The SMILES string of the molecule is CCS(=O)(=O)c1cccc(S(=O)(=O)NC(CN)CC(C)C)c1. The van der Waals surface area contributed by atoms with Gasteiger partial charge in [0.05, 0.1) is 15.5 Å². The van der Waals surface area contributed by atoms with Gasteiger partial charge < -0.3 is 5.73 Å². The van der Waals surface area contributed by atoms with Crippen LogP contribution in [0, 0.1) is 5.92 Å². The normalized spacial score (nSPS) is 14.2. The molecule has 1 rings (SSSR count). The Balaban J connectivity index is 3.11. The molecule has 0 fully saturated rings. The van der Waals surface area contributed by atoms with Gasteiger partial charge in [-0.05, 0) is 30.5 Å². The topological polar surface area (TPSA) is 106 Å². The van der Waals surface area contributed by atoms with E-state index < -0.39 is 19.9 Å². The van der Waals surface area contributed by atoms with E-state index in [0.717, 1.165) is 0 Å². The van der Waals surface area contributed by atoms with Crippen molar-refractivity contribution in [3.8, 4) is 0 Å². The molecule has 0 aliphatic carbocycles. The monoisotopic (exact) mass is 348 g/mol. The Morgan fingerprint density at radius 3 is 2.23 bits per heavy atom. The number of nitrogens with one attached hydrogen (secondary N) is 1. The third-order valence-electron chi connectivity index (χ3n) is 3.22. The standard InChI is InChI=1S/C14H24N2O4S2/c1-4-21(17,18)13-6-5-7-14(9-13)22(19,20)16-12(10-15)8-11(2)3/h5-7,9,11-12,16H,4,8,10,15H2,1-3H3. The van der Waals surface area contributed by atoms with Gasteiger partial charge in [-0.1, -0.05) is 26.8 Å². The first-order valence-electron chi connectivity index (χ1n) is 7.17. The van der Waals surface area contributed by atoms with Crippen molar-refractivity contribution in [2.24, 2.45) is 11.7 Å². The molecular formula is C14H24N2O4S2. The van der Waals surface area contributed by atoms with Gasteiger partial charge in [0.25, 0.3) is 0 Å². The van der Waals surface area contributed by atoms with Gasteiger partial charge in [0.15, 0.2) is 9.84 Å². The summed E-state index contributed by atoms with van der Waals surface area (Å²) in [4.78, 5) is -0.0599. The summed E-state index contributed by atoms with van der Waals surface area (Å²) in [7, 11) is -7.25. The van der Waals surface area contributed by atoms with Crippen molar-refractivity contribution in [1.29, 1.82) is 0 Å². The molecule has 3 N–H and O–H groups in total. The van der Waals surface area contributed by atoms with Gasteiger partial charge in [0.2, 0.25) is 10.0 Å². The second-order valence-corrected chi connectivity index (χ2v) is 9.55. The molecule has 0 aliphatic heterocycles. The Hall–Kier alpha value is -0.960. The Bertz CT molecular complexity index is 697. The maximum Gasteiger partial charge on any atom is 0.240 e. The van der Waals surface area contributed by atoms with Crippen LogP contribution in [0.4, 0.5) is 0 Å². The van der Waals surface area contributed by atoms with E-state index in [9.17, 15) is 16.8 Å². The fraction of sp³-hybridized carbons (Fsp3) is 0.571. The third kappa shape index (κ3) is 5.05. The molecule has 0 aromatic heterocycles. The molecule has 0 spiro atoms. The van der Waals surface area contributed by atoms with Crippen molar-refractivity contribution in [1.82, 2.24) is 4.72 Å². The first-order chi connectivity index (χ1) is 10.1. The lowest BCUT2D eigenvalue weighted by Crippen LogP contribution is -2.41. The highest BCUT2D eigenvalue weighted by Gasteiger charge is 2.22. The highest BCUT2D eigenvalue weighted by atomic mass is 32.2. The van der Waals surface area contributed by atoms with Crippen molar-refractivity contribution >= 4 is 19.9 Å². The van der Waals surface area contributed by atoms with Crippen LogP contribution in [0.25, 0.3) is 0 Å². The Kier molecular flexibility index (Phi) is 6.54. The van der Waals surface area contributed by atoms with Crippen LogP contribution in [0.2, 0.25) is 0 Å². The van der Waals surface area contributed by atoms with Crippen LogP contribution in [0.15, 0.2) is 34.1 Å². The van der Waals surface area contributed by atoms with Crippen LogP contribution in [0.5, 0.6) is 0 Å². The molecule has 0 amide bonds. The number of hydrogen-bond acceptors (Lipinski definition) is 5. The summed E-state index contributed by atoms with van der Waals surface area (Å²) in [5, 5.41) is 0. The van der Waals surface area contributed by atoms with Crippen molar-refractivity contribution in [3.05, 3.63) is 24.3 Å². The zero-order valence-electron chi connectivity index (χ0n) is 13.1. The molecule has 0 saturated carbocycles. The number of hydrogen-bond donors (Lipinski definition) is 2. The molecular weight excluding hydrogens is 324 g/mol. The van der Waals surface area contributed by atoms with Gasteiger partial charge in [-0.25, -0.2) is 21.6 Å². The second kappa shape index (κ2) is 7.54. The molecule has 8 heteroatoms. The van der Waals surface area contributed by atoms with E-state index in [1.165, 1.54) is 31.2 Å². The Morgan fingerprint density at radius 1 is 1.14 bits per heavy atom. The average Bonchev–Trinajstić information content (AvgIpc) is 2.46. The van der Waals surface area contributed by atoms with Crippen LogP contribution in [0.3, 0.4) is 0 Å². The minimum atomic E-state index is -3.80. The fourth-order valence-electron chi connectivity index (χ4n) is 2.05. The van der Waals surface area contributed by atoms with E-state index in [-0.39, 0.29) is 28.1 Å². The van der Waals surface area contributed by atoms with Crippen LogP contribution >= 0.6 is 0 Å². The first kappa shape index (κ1) is 19.1. The Labute approximate surface area is 133 Å². The fourth-order valence-corrected chi connectivity index (χ4v) is 4.36. The molecule has 0 saturated heterocycles. The van der Waals surface area contributed by atoms with Gasteiger partial charge in [-0.2, -0.15) is 0 Å². The predicted molar refractivity (Wildman–Crippen MR) is 86.8 cm³/mol. The van der Waals surface area contributed by atoms with Gasteiger partial charge >= 0.3 is 0 Å². The van der Waals surface area contributed by atoms with Crippen molar-refractivity contribution in [2.75, 3.05) is 12.3 Å². The first-order valence-corrected chi connectivity index (χ1v) is 10.3. The van der Waals surface area contributed by atoms with Gasteiger partial charge in [-0.15, -0.1) is 0 Å². The number of benzene rings is 1. The number of sulfone groups is 1. The molecule has 0 radical (unpaired) electrons. The molecule has 0 aliphatic rings. The Morgan fingerprint density at radius 2 is 1.73 bits per heavy atom. The summed E-state index contributed by atoms with van der Waals surface area (Å²) in [5.74, 6) is 0.214. The highest BCUT2D eigenvalue weighted by molar-refractivity contribution is 7.91. The molecule has 22 heavy (non-hydrogen) atoms. The zero-order valence-corrected chi connectivity index (χ0v) is 14.7. The molecule has 1 unspecified atom stereocenters. The largest absolute Gasteiger partial charge is 0.329 e.